The van der Waals surface area contributed by atoms with Crippen molar-refractivity contribution in [3.63, 3.8) is 0 Å². The van der Waals surface area contributed by atoms with E-state index in [-0.39, 0.29) is 24.8 Å². The largest absolute Gasteiger partial charge is 0.463 e. The van der Waals surface area contributed by atoms with Crippen LogP contribution in [-0.4, -0.2) is 36.4 Å². The lowest BCUT2D eigenvalue weighted by atomic mass is 10.1. The van der Waals surface area contributed by atoms with Gasteiger partial charge in [0.1, 0.15) is 19.3 Å². The van der Waals surface area contributed by atoms with Crippen molar-refractivity contribution in [3.8, 4) is 0 Å². The van der Waals surface area contributed by atoms with E-state index in [1.165, 1.54) is 45.4 Å². The molecule has 0 spiro atoms. The molecule has 30 heavy (non-hydrogen) atoms. The summed E-state index contributed by atoms with van der Waals surface area (Å²) in [5.41, 5.74) is 0.264. The molecule has 5 heteroatoms. The van der Waals surface area contributed by atoms with Crippen molar-refractivity contribution >= 4 is 11.9 Å². The second kappa shape index (κ2) is 20.4. The van der Waals surface area contributed by atoms with E-state index in [0.29, 0.717) is 6.42 Å². The van der Waals surface area contributed by atoms with Gasteiger partial charge >= 0.3 is 11.9 Å². The van der Waals surface area contributed by atoms with E-state index in [1.807, 2.05) is 0 Å². The van der Waals surface area contributed by atoms with Gasteiger partial charge in [-0.1, -0.05) is 69.9 Å². The van der Waals surface area contributed by atoms with Gasteiger partial charge < -0.3 is 14.6 Å². The fourth-order valence-corrected chi connectivity index (χ4v) is 2.69. The number of rotatable bonds is 19. The van der Waals surface area contributed by atoms with Gasteiger partial charge in [-0.15, -0.1) is 0 Å². The van der Waals surface area contributed by atoms with Gasteiger partial charge in [-0.2, -0.15) is 0 Å². The number of ether oxygens (including phenoxy) is 2. The van der Waals surface area contributed by atoms with Gasteiger partial charge in [0.15, 0.2) is 0 Å². The third kappa shape index (κ3) is 19.4. The molecule has 0 aliphatic heterocycles. The van der Waals surface area contributed by atoms with Crippen molar-refractivity contribution in [3.05, 3.63) is 36.5 Å². The van der Waals surface area contributed by atoms with E-state index in [2.05, 4.69) is 37.8 Å². The van der Waals surface area contributed by atoms with Gasteiger partial charge in [0.25, 0.3) is 0 Å². The van der Waals surface area contributed by atoms with Crippen LogP contribution in [0.4, 0.5) is 0 Å². The molecule has 0 rings (SSSR count). The third-order valence-corrected chi connectivity index (χ3v) is 4.52. The first kappa shape index (κ1) is 28.1. The molecule has 1 N–H and O–H groups in total. The normalized spacial score (nSPS) is 12.4. The molecule has 0 amide bonds. The van der Waals surface area contributed by atoms with Crippen molar-refractivity contribution in [2.45, 2.75) is 97.0 Å². The van der Waals surface area contributed by atoms with Crippen LogP contribution in [0.5, 0.6) is 0 Å². The van der Waals surface area contributed by atoms with Gasteiger partial charge in [-0.3, -0.25) is 4.79 Å². The quantitative estimate of drug-likeness (QED) is 0.123. The molecule has 5 nitrogen and oxygen atoms in total. The summed E-state index contributed by atoms with van der Waals surface area (Å²) >= 11 is 0. The first-order valence-corrected chi connectivity index (χ1v) is 11.4. The number of hydrogen-bond acceptors (Lipinski definition) is 5. The lowest BCUT2D eigenvalue weighted by Crippen LogP contribution is -2.25. The van der Waals surface area contributed by atoms with Crippen molar-refractivity contribution in [2.75, 3.05) is 13.2 Å². The summed E-state index contributed by atoms with van der Waals surface area (Å²) in [6, 6.07) is 0. The van der Waals surface area contributed by atoms with Crippen LogP contribution in [0, 0.1) is 0 Å². The maximum Gasteiger partial charge on any atom is 0.333 e. The van der Waals surface area contributed by atoms with Gasteiger partial charge in [0, 0.05) is 12.0 Å². The van der Waals surface area contributed by atoms with Crippen LogP contribution in [0.3, 0.4) is 0 Å². The number of aliphatic hydroxyl groups is 1. The van der Waals surface area contributed by atoms with Crippen LogP contribution in [0.25, 0.3) is 0 Å². The average Bonchev–Trinajstić information content (AvgIpc) is 2.73. The third-order valence-electron chi connectivity index (χ3n) is 4.52. The second-order valence-electron chi connectivity index (χ2n) is 7.70. The van der Waals surface area contributed by atoms with E-state index in [1.54, 1.807) is 0 Å². The predicted molar refractivity (Wildman–Crippen MR) is 122 cm³/mol. The van der Waals surface area contributed by atoms with Gasteiger partial charge in [-0.25, -0.2) is 4.79 Å². The molecule has 0 saturated carbocycles. The summed E-state index contributed by atoms with van der Waals surface area (Å²) in [5, 5.41) is 9.64. The van der Waals surface area contributed by atoms with Crippen LogP contribution < -0.4 is 0 Å². The molecule has 172 valence electrons. The molecular formula is C25H42O5. The first-order chi connectivity index (χ1) is 14.5. The second-order valence-corrected chi connectivity index (χ2v) is 7.70. The number of carbonyl (C=O) groups excluding carboxylic acids is 2. The Kier molecular flexibility index (Phi) is 19.1. The molecule has 0 bridgehead atoms. The lowest BCUT2D eigenvalue weighted by molar-refractivity contribution is -0.150. The summed E-state index contributed by atoms with van der Waals surface area (Å²) < 4.78 is 9.80. The molecule has 0 aromatic heterocycles. The fraction of sp³-hybridized carbons (Fsp3) is 0.680. The van der Waals surface area contributed by atoms with Crippen LogP contribution in [-0.2, 0) is 19.1 Å². The highest BCUT2D eigenvalue weighted by Crippen LogP contribution is 2.09. The van der Waals surface area contributed by atoms with E-state index < -0.39 is 12.1 Å². The Hall–Kier alpha value is -1.88. The Labute approximate surface area is 183 Å². The van der Waals surface area contributed by atoms with Crippen molar-refractivity contribution in [1.82, 2.24) is 0 Å². The fourth-order valence-electron chi connectivity index (χ4n) is 2.69. The highest BCUT2D eigenvalue weighted by molar-refractivity contribution is 5.86. The molecule has 0 radical (unpaired) electrons. The number of esters is 2. The molecule has 0 fully saturated rings. The SMILES string of the molecule is C=C(C)C(=O)OCC(O)COC(=O)CCCCCCC/C=C\C/C=C\CCCCC. The number of unbranched alkanes of at least 4 members (excludes halogenated alkanes) is 8. The van der Waals surface area contributed by atoms with E-state index in [4.69, 9.17) is 9.47 Å². The molecule has 0 aromatic rings. The number of hydrogen-bond donors (Lipinski definition) is 1. The molecule has 1 atom stereocenters. The average molecular weight is 423 g/mol. The molecule has 1 unspecified atom stereocenters. The molecule has 0 aromatic carbocycles. The number of carbonyl (C=O) groups is 2. The van der Waals surface area contributed by atoms with E-state index >= 15 is 0 Å². The van der Waals surface area contributed by atoms with Crippen LogP contribution in [0.2, 0.25) is 0 Å². The minimum absolute atomic E-state index is 0.164. The number of aliphatic hydroxyl groups excluding tert-OH is 1. The first-order valence-electron chi connectivity index (χ1n) is 11.4. The van der Waals surface area contributed by atoms with Crippen LogP contribution >= 0.6 is 0 Å². The maximum absolute atomic E-state index is 11.7. The molecule has 0 aliphatic carbocycles. The smallest absolute Gasteiger partial charge is 0.333 e. The standard InChI is InChI=1S/C25H42O5/c1-4-5-6-7-8-9-10-11-12-13-14-15-16-17-18-19-24(27)29-20-23(26)21-30-25(28)22(2)3/h8-9,11-12,23,26H,2,4-7,10,13-21H2,1,3H3/b9-8-,12-11-. The summed E-state index contributed by atoms with van der Waals surface area (Å²) in [7, 11) is 0. The molecule has 0 saturated heterocycles. The molecule has 0 heterocycles. The highest BCUT2D eigenvalue weighted by Gasteiger charge is 2.12. The monoisotopic (exact) mass is 422 g/mol. The summed E-state index contributed by atoms with van der Waals surface area (Å²) in [6.45, 7) is 6.83. The number of allylic oxidation sites excluding steroid dienone is 4. The van der Waals surface area contributed by atoms with Gasteiger partial charge in [0.2, 0.25) is 0 Å². The van der Waals surface area contributed by atoms with Crippen LogP contribution in [0.1, 0.15) is 90.9 Å². The predicted octanol–water partition coefficient (Wildman–Crippen LogP) is 5.82. The van der Waals surface area contributed by atoms with Crippen LogP contribution in [0.15, 0.2) is 36.5 Å². The minimum atomic E-state index is -1.01. The van der Waals surface area contributed by atoms with Crippen molar-refractivity contribution in [1.29, 1.82) is 0 Å². The summed E-state index contributed by atoms with van der Waals surface area (Å²) in [6.07, 6.45) is 20.8. The van der Waals surface area contributed by atoms with Gasteiger partial charge in [-0.05, 0) is 45.4 Å². The zero-order chi connectivity index (χ0) is 22.5. The Balaban J connectivity index is 3.47. The Morgan fingerprint density at radius 3 is 2.07 bits per heavy atom. The van der Waals surface area contributed by atoms with Crippen molar-refractivity contribution in [2.24, 2.45) is 0 Å². The summed E-state index contributed by atoms with van der Waals surface area (Å²) in [5.74, 6) is -0.892. The zero-order valence-corrected chi connectivity index (χ0v) is 19.1. The molecular weight excluding hydrogens is 380 g/mol. The summed E-state index contributed by atoms with van der Waals surface area (Å²) in [4.78, 5) is 22.9. The van der Waals surface area contributed by atoms with Gasteiger partial charge in [0.05, 0.1) is 0 Å². The maximum atomic E-state index is 11.7. The Morgan fingerprint density at radius 1 is 0.867 bits per heavy atom. The minimum Gasteiger partial charge on any atom is -0.463 e. The zero-order valence-electron chi connectivity index (χ0n) is 19.1. The lowest BCUT2D eigenvalue weighted by Gasteiger charge is -2.12. The van der Waals surface area contributed by atoms with E-state index in [9.17, 15) is 14.7 Å². The Morgan fingerprint density at radius 2 is 1.43 bits per heavy atom. The van der Waals surface area contributed by atoms with Crippen molar-refractivity contribution < 1.29 is 24.2 Å². The molecule has 0 aliphatic rings. The topological polar surface area (TPSA) is 72.8 Å². The Bertz CT molecular complexity index is 522. The highest BCUT2D eigenvalue weighted by atomic mass is 16.6. The van der Waals surface area contributed by atoms with E-state index in [0.717, 1.165) is 32.1 Å².